The lowest BCUT2D eigenvalue weighted by Gasteiger charge is -2.04. The van der Waals surface area contributed by atoms with Gasteiger partial charge in [-0.05, 0) is 22.6 Å². The number of aromatic nitrogens is 4. The zero-order chi connectivity index (χ0) is 9.97. The van der Waals surface area contributed by atoms with E-state index in [0.29, 0.717) is 5.69 Å². The van der Waals surface area contributed by atoms with Gasteiger partial charge in [0.1, 0.15) is 11.4 Å². The number of hydrogen-bond acceptors (Lipinski definition) is 4. The summed E-state index contributed by atoms with van der Waals surface area (Å²) in [7, 11) is 0. The fourth-order valence-electron chi connectivity index (χ4n) is 1.26. The first-order valence-corrected chi connectivity index (χ1v) is 4.38. The summed E-state index contributed by atoms with van der Waals surface area (Å²) in [4.78, 5) is 0. The number of aromatic hydroxyl groups is 1. The van der Waals surface area contributed by atoms with E-state index in [2.05, 4.69) is 15.5 Å². The highest BCUT2D eigenvalue weighted by atomic mass is 16.3. The van der Waals surface area contributed by atoms with Gasteiger partial charge in [-0.25, -0.2) is 0 Å². The number of hydrogen-bond donors (Lipinski definition) is 1. The van der Waals surface area contributed by atoms with Crippen LogP contribution in [-0.4, -0.2) is 25.3 Å². The highest BCUT2D eigenvalue weighted by molar-refractivity contribution is 5.44. The molecule has 5 heteroatoms. The van der Waals surface area contributed by atoms with Crippen molar-refractivity contribution < 1.29 is 5.11 Å². The van der Waals surface area contributed by atoms with Crippen molar-refractivity contribution in [3.05, 3.63) is 30.1 Å². The molecular formula is C9H10N4O. The second kappa shape index (κ2) is 3.45. The standard InChI is InChI=1S/C9H10N4O/c1-2-9-10-11-12-13(9)7-5-3-4-6-8(7)14/h3-6,14H,2H2,1H3. The van der Waals surface area contributed by atoms with E-state index in [1.807, 2.05) is 13.0 Å². The lowest BCUT2D eigenvalue weighted by Crippen LogP contribution is -2.02. The monoisotopic (exact) mass is 190 g/mol. The number of phenols is 1. The minimum Gasteiger partial charge on any atom is -0.506 e. The van der Waals surface area contributed by atoms with Crippen molar-refractivity contribution in [2.45, 2.75) is 13.3 Å². The van der Waals surface area contributed by atoms with Gasteiger partial charge in [-0.2, -0.15) is 4.68 Å². The Morgan fingerprint density at radius 3 is 2.86 bits per heavy atom. The van der Waals surface area contributed by atoms with Crippen LogP contribution in [0.3, 0.4) is 0 Å². The van der Waals surface area contributed by atoms with E-state index in [4.69, 9.17) is 0 Å². The van der Waals surface area contributed by atoms with E-state index in [9.17, 15) is 5.11 Å². The molecule has 1 N–H and O–H groups in total. The van der Waals surface area contributed by atoms with Crippen LogP contribution >= 0.6 is 0 Å². The third kappa shape index (κ3) is 1.32. The molecular weight excluding hydrogens is 180 g/mol. The molecule has 0 aliphatic rings. The van der Waals surface area contributed by atoms with E-state index in [-0.39, 0.29) is 5.75 Å². The van der Waals surface area contributed by atoms with Gasteiger partial charge in [0.2, 0.25) is 0 Å². The zero-order valence-corrected chi connectivity index (χ0v) is 7.75. The Morgan fingerprint density at radius 1 is 1.36 bits per heavy atom. The minimum atomic E-state index is 0.175. The molecule has 0 aliphatic carbocycles. The average molecular weight is 190 g/mol. The number of phenolic OH excluding ortho intramolecular Hbond substituents is 1. The summed E-state index contributed by atoms with van der Waals surface area (Å²) in [5.74, 6) is 0.904. The van der Waals surface area contributed by atoms with Crippen LogP contribution in [0.1, 0.15) is 12.7 Å². The lowest BCUT2D eigenvalue weighted by molar-refractivity contribution is 0.469. The summed E-state index contributed by atoms with van der Waals surface area (Å²) in [6, 6.07) is 6.96. The number of nitrogens with zero attached hydrogens (tertiary/aromatic N) is 4. The van der Waals surface area contributed by atoms with Gasteiger partial charge in [-0.15, -0.1) is 5.10 Å². The molecule has 2 aromatic rings. The van der Waals surface area contributed by atoms with Crippen LogP contribution in [-0.2, 0) is 6.42 Å². The maximum Gasteiger partial charge on any atom is 0.156 e. The molecule has 14 heavy (non-hydrogen) atoms. The van der Waals surface area contributed by atoms with Crippen LogP contribution in [0.25, 0.3) is 5.69 Å². The summed E-state index contributed by atoms with van der Waals surface area (Å²) in [6.45, 7) is 1.96. The Bertz CT molecular complexity index is 438. The third-order valence-corrected chi connectivity index (χ3v) is 1.96. The molecule has 5 nitrogen and oxygen atoms in total. The predicted octanol–water partition coefficient (Wildman–Crippen LogP) is 0.930. The van der Waals surface area contributed by atoms with Gasteiger partial charge in [0.15, 0.2) is 5.82 Å². The van der Waals surface area contributed by atoms with E-state index in [1.165, 1.54) is 4.68 Å². The van der Waals surface area contributed by atoms with Crippen molar-refractivity contribution in [2.24, 2.45) is 0 Å². The smallest absolute Gasteiger partial charge is 0.156 e. The van der Waals surface area contributed by atoms with Crippen LogP contribution in [0, 0.1) is 0 Å². The molecule has 2 rings (SSSR count). The summed E-state index contributed by atoms with van der Waals surface area (Å²) in [5, 5.41) is 20.8. The Kier molecular flexibility index (Phi) is 2.14. The van der Waals surface area contributed by atoms with Gasteiger partial charge < -0.3 is 5.11 Å². The highest BCUT2D eigenvalue weighted by Crippen LogP contribution is 2.20. The minimum absolute atomic E-state index is 0.175. The summed E-state index contributed by atoms with van der Waals surface area (Å²) in [6.07, 6.45) is 0.724. The fourth-order valence-corrected chi connectivity index (χ4v) is 1.26. The van der Waals surface area contributed by atoms with Gasteiger partial charge in [0.25, 0.3) is 0 Å². The Labute approximate surface area is 81.0 Å². The van der Waals surface area contributed by atoms with Crippen molar-refractivity contribution in [2.75, 3.05) is 0 Å². The van der Waals surface area contributed by atoms with Crippen LogP contribution in [0.4, 0.5) is 0 Å². The first-order valence-electron chi connectivity index (χ1n) is 4.38. The number of rotatable bonds is 2. The topological polar surface area (TPSA) is 63.8 Å². The molecule has 0 spiro atoms. The molecule has 0 bridgehead atoms. The molecule has 0 fully saturated rings. The Morgan fingerprint density at radius 2 is 2.14 bits per heavy atom. The molecule has 1 aromatic heterocycles. The molecule has 0 radical (unpaired) electrons. The Balaban J connectivity index is 2.54. The number of benzene rings is 1. The SMILES string of the molecule is CCc1nnnn1-c1ccccc1O. The van der Waals surface area contributed by atoms with Crippen molar-refractivity contribution in [1.29, 1.82) is 0 Å². The lowest BCUT2D eigenvalue weighted by atomic mass is 10.3. The van der Waals surface area contributed by atoms with Gasteiger partial charge in [0, 0.05) is 6.42 Å². The number of tetrazole rings is 1. The molecule has 0 amide bonds. The highest BCUT2D eigenvalue weighted by Gasteiger charge is 2.08. The molecule has 0 saturated carbocycles. The molecule has 0 aliphatic heterocycles. The predicted molar refractivity (Wildman–Crippen MR) is 50.2 cm³/mol. The van der Waals surface area contributed by atoms with Crippen molar-refractivity contribution in [3.8, 4) is 11.4 Å². The third-order valence-electron chi connectivity index (χ3n) is 1.96. The molecule has 72 valence electrons. The molecule has 1 aromatic carbocycles. The summed E-state index contributed by atoms with van der Waals surface area (Å²) >= 11 is 0. The summed E-state index contributed by atoms with van der Waals surface area (Å²) < 4.78 is 1.54. The Hall–Kier alpha value is -1.91. The first kappa shape index (κ1) is 8.68. The average Bonchev–Trinajstić information content (AvgIpc) is 2.66. The zero-order valence-electron chi connectivity index (χ0n) is 7.75. The van der Waals surface area contributed by atoms with E-state index < -0.39 is 0 Å². The molecule has 0 saturated heterocycles. The van der Waals surface area contributed by atoms with Crippen LogP contribution in [0.2, 0.25) is 0 Å². The van der Waals surface area contributed by atoms with Crippen LogP contribution in [0.15, 0.2) is 24.3 Å². The van der Waals surface area contributed by atoms with Gasteiger partial charge in [-0.3, -0.25) is 0 Å². The summed E-state index contributed by atoms with van der Waals surface area (Å²) in [5.41, 5.74) is 0.606. The second-order valence-corrected chi connectivity index (χ2v) is 2.85. The fraction of sp³-hybridized carbons (Fsp3) is 0.222. The van der Waals surface area contributed by atoms with Crippen molar-refractivity contribution in [1.82, 2.24) is 20.2 Å². The van der Waals surface area contributed by atoms with E-state index >= 15 is 0 Å². The first-order chi connectivity index (χ1) is 6.83. The van der Waals surface area contributed by atoms with E-state index in [0.717, 1.165) is 12.2 Å². The number of aryl methyl sites for hydroxylation is 1. The largest absolute Gasteiger partial charge is 0.506 e. The van der Waals surface area contributed by atoms with Crippen molar-refractivity contribution in [3.63, 3.8) is 0 Å². The molecule has 0 atom stereocenters. The normalized spacial score (nSPS) is 10.4. The van der Waals surface area contributed by atoms with E-state index in [1.54, 1.807) is 18.2 Å². The second-order valence-electron chi connectivity index (χ2n) is 2.85. The van der Waals surface area contributed by atoms with Gasteiger partial charge in [0.05, 0.1) is 0 Å². The number of para-hydroxylation sites is 2. The maximum atomic E-state index is 9.59. The molecule has 0 unspecified atom stereocenters. The van der Waals surface area contributed by atoms with Gasteiger partial charge in [-0.1, -0.05) is 19.1 Å². The quantitative estimate of drug-likeness (QED) is 0.765. The molecule has 1 heterocycles. The van der Waals surface area contributed by atoms with Crippen LogP contribution < -0.4 is 0 Å². The van der Waals surface area contributed by atoms with Crippen LogP contribution in [0.5, 0.6) is 5.75 Å². The maximum absolute atomic E-state index is 9.59. The van der Waals surface area contributed by atoms with Crippen molar-refractivity contribution >= 4 is 0 Å². The van der Waals surface area contributed by atoms with Gasteiger partial charge >= 0.3 is 0 Å².